The van der Waals surface area contributed by atoms with Gasteiger partial charge in [0.1, 0.15) is 11.9 Å². The van der Waals surface area contributed by atoms with Gasteiger partial charge in [0, 0.05) is 32.0 Å². The van der Waals surface area contributed by atoms with Gasteiger partial charge >= 0.3 is 0 Å². The van der Waals surface area contributed by atoms with Crippen LogP contribution in [0.25, 0.3) is 0 Å². The van der Waals surface area contributed by atoms with Gasteiger partial charge in [-0.15, -0.1) is 0 Å². The molecular weight excluding hydrogens is 565 g/mol. The summed E-state index contributed by atoms with van der Waals surface area (Å²) < 4.78 is 40.7. The van der Waals surface area contributed by atoms with E-state index in [9.17, 15) is 22.4 Å². The number of anilines is 1. The quantitative estimate of drug-likeness (QED) is 0.267. The van der Waals surface area contributed by atoms with Crippen molar-refractivity contribution in [1.29, 1.82) is 0 Å². The number of benzene rings is 3. The number of sulfonamides is 1. The molecule has 1 aliphatic carbocycles. The Labute approximate surface area is 255 Å². The Morgan fingerprint density at radius 2 is 1.60 bits per heavy atom. The molecule has 43 heavy (non-hydrogen) atoms. The molecule has 1 atom stereocenters. The lowest BCUT2D eigenvalue weighted by atomic mass is 9.94. The van der Waals surface area contributed by atoms with Crippen LogP contribution in [-0.4, -0.2) is 50.0 Å². The molecule has 230 valence electrons. The molecule has 0 unspecified atom stereocenters. The van der Waals surface area contributed by atoms with E-state index < -0.39 is 21.9 Å². The molecule has 0 heterocycles. The van der Waals surface area contributed by atoms with E-state index in [0.717, 1.165) is 59.4 Å². The molecule has 3 aromatic rings. The minimum absolute atomic E-state index is 0.00567. The van der Waals surface area contributed by atoms with E-state index in [1.54, 1.807) is 11.0 Å². The fourth-order valence-electron chi connectivity index (χ4n) is 5.74. The first-order chi connectivity index (χ1) is 20.6. The first kappa shape index (κ1) is 32.2. The maximum atomic E-state index is 14.5. The molecule has 4 rings (SSSR count). The van der Waals surface area contributed by atoms with Crippen molar-refractivity contribution >= 4 is 27.5 Å². The lowest BCUT2D eigenvalue weighted by molar-refractivity contribution is -0.141. The largest absolute Gasteiger partial charge is 0.352 e. The fraction of sp³-hybridized carbons (Fsp3) is 0.412. The van der Waals surface area contributed by atoms with Crippen molar-refractivity contribution in [2.75, 3.05) is 17.1 Å². The molecule has 0 bridgehead atoms. The van der Waals surface area contributed by atoms with Gasteiger partial charge in [-0.25, -0.2) is 12.8 Å². The van der Waals surface area contributed by atoms with Crippen LogP contribution in [0.15, 0.2) is 78.9 Å². The Balaban J connectivity index is 1.59. The summed E-state index contributed by atoms with van der Waals surface area (Å²) in [7, 11) is -3.79. The van der Waals surface area contributed by atoms with Crippen LogP contribution in [0.5, 0.6) is 0 Å². The Kier molecular flexibility index (Phi) is 11.3. The highest BCUT2D eigenvalue weighted by molar-refractivity contribution is 7.92. The lowest BCUT2D eigenvalue weighted by Gasteiger charge is -2.34. The Hall–Kier alpha value is -3.72. The van der Waals surface area contributed by atoms with Gasteiger partial charge in [0.05, 0.1) is 11.9 Å². The molecule has 0 aliphatic heterocycles. The molecule has 1 N–H and O–H groups in total. The second kappa shape index (κ2) is 15.1. The van der Waals surface area contributed by atoms with E-state index in [-0.39, 0.29) is 49.5 Å². The van der Waals surface area contributed by atoms with Gasteiger partial charge in [-0.1, -0.05) is 91.6 Å². The third-order valence-corrected chi connectivity index (χ3v) is 9.11. The summed E-state index contributed by atoms with van der Waals surface area (Å²) in [6.07, 6.45) is 6.67. The van der Waals surface area contributed by atoms with Gasteiger partial charge in [-0.2, -0.15) is 0 Å². The predicted molar refractivity (Wildman–Crippen MR) is 169 cm³/mol. The van der Waals surface area contributed by atoms with Crippen molar-refractivity contribution < 1.29 is 22.4 Å². The van der Waals surface area contributed by atoms with Crippen LogP contribution < -0.4 is 9.62 Å². The molecule has 3 aromatic carbocycles. The minimum atomic E-state index is -3.79. The highest BCUT2D eigenvalue weighted by Crippen LogP contribution is 2.24. The first-order valence-corrected chi connectivity index (χ1v) is 16.9. The number of hydrogen-bond donors (Lipinski definition) is 1. The normalized spacial score (nSPS) is 14.6. The average molecular weight is 608 g/mol. The lowest BCUT2D eigenvalue weighted by Crippen LogP contribution is -2.53. The summed E-state index contributed by atoms with van der Waals surface area (Å²) >= 11 is 0. The monoisotopic (exact) mass is 607 g/mol. The molecule has 0 saturated heterocycles. The van der Waals surface area contributed by atoms with Gasteiger partial charge in [-0.05, 0) is 49.4 Å². The van der Waals surface area contributed by atoms with Gasteiger partial charge in [0.25, 0.3) is 0 Å². The number of amides is 2. The van der Waals surface area contributed by atoms with Crippen molar-refractivity contribution in [2.45, 2.75) is 76.9 Å². The summed E-state index contributed by atoms with van der Waals surface area (Å²) in [5, 5.41) is 3.23. The SMILES string of the molecule is Cc1cccc(CN(C(=O)CCCN(c2ccccc2F)S(C)(=O)=O)[C@@H](Cc2ccccc2)C(=O)NC2CCCCC2)c1. The number of para-hydroxylation sites is 1. The minimum Gasteiger partial charge on any atom is -0.352 e. The second-order valence-electron chi connectivity index (χ2n) is 11.4. The second-order valence-corrected chi connectivity index (χ2v) is 13.4. The highest BCUT2D eigenvalue weighted by atomic mass is 32.2. The molecule has 1 saturated carbocycles. The van der Waals surface area contributed by atoms with Crippen LogP contribution in [0, 0.1) is 12.7 Å². The number of nitrogens with one attached hydrogen (secondary N) is 1. The van der Waals surface area contributed by atoms with Gasteiger partial charge in [0.15, 0.2) is 0 Å². The maximum Gasteiger partial charge on any atom is 0.243 e. The number of carbonyl (C=O) groups excluding carboxylic acids is 2. The Morgan fingerprint density at radius 1 is 0.930 bits per heavy atom. The smallest absolute Gasteiger partial charge is 0.243 e. The topological polar surface area (TPSA) is 86.8 Å². The molecule has 9 heteroatoms. The molecule has 0 aromatic heterocycles. The zero-order chi connectivity index (χ0) is 30.8. The molecule has 2 amide bonds. The van der Waals surface area contributed by atoms with E-state index in [1.165, 1.54) is 18.2 Å². The fourth-order valence-corrected chi connectivity index (χ4v) is 6.71. The number of carbonyl (C=O) groups is 2. The van der Waals surface area contributed by atoms with Crippen molar-refractivity contribution in [3.63, 3.8) is 0 Å². The van der Waals surface area contributed by atoms with E-state index in [4.69, 9.17) is 0 Å². The van der Waals surface area contributed by atoms with Crippen molar-refractivity contribution in [3.8, 4) is 0 Å². The van der Waals surface area contributed by atoms with E-state index in [2.05, 4.69) is 5.32 Å². The van der Waals surface area contributed by atoms with Gasteiger partial charge in [-0.3, -0.25) is 13.9 Å². The van der Waals surface area contributed by atoms with Crippen LogP contribution in [0.3, 0.4) is 0 Å². The molecule has 0 radical (unpaired) electrons. The number of nitrogens with zero attached hydrogens (tertiary/aromatic N) is 2. The van der Waals surface area contributed by atoms with E-state index in [0.29, 0.717) is 6.42 Å². The van der Waals surface area contributed by atoms with Crippen LogP contribution in [0.2, 0.25) is 0 Å². The standard InChI is InChI=1S/C34H42FN3O4S/c1-26-13-11-16-28(23-26)25-37(33(39)21-12-22-38(43(2,41)42)31-20-10-9-19-30(31)35)32(24-27-14-5-3-6-15-27)34(40)36-29-17-7-4-8-18-29/h3,5-6,9-11,13-16,19-20,23,29,32H,4,7-8,12,17-18,21-22,24-25H2,1-2H3,(H,36,40)/t32-/m0/s1. The Morgan fingerprint density at radius 3 is 2.28 bits per heavy atom. The summed E-state index contributed by atoms with van der Waals surface area (Å²) in [6, 6.07) is 22.5. The maximum absolute atomic E-state index is 14.5. The van der Waals surface area contributed by atoms with Crippen molar-refractivity contribution in [1.82, 2.24) is 10.2 Å². The number of halogens is 1. The molecular formula is C34H42FN3O4S. The third kappa shape index (κ3) is 9.38. The molecule has 7 nitrogen and oxygen atoms in total. The van der Waals surface area contributed by atoms with Crippen molar-refractivity contribution in [2.24, 2.45) is 0 Å². The van der Waals surface area contributed by atoms with Crippen molar-refractivity contribution in [3.05, 3.63) is 101 Å². The van der Waals surface area contributed by atoms with Crippen LogP contribution in [0.1, 0.15) is 61.6 Å². The predicted octanol–water partition coefficient (Wildman–Crippen LogP) is 5.77. The first-order valence-electron chi connectivity index (χ1n) is 15.0. The number of rotatable bonds is 13. The van der Waals surface area contributed by atoms with E-state index in [1.807, 2.05) is 61.5 Å². The van der Waals surface area contributed by atoms with Gasteiger partial charge in [0.2, 0.25) is 21.8 Å². The molecule has 1 aliphatic rings. The number of aryl methyl sites for hydroxylation is 1. The van der Waals surface area contributed by atoms with Crippen LogP contribution in [0.4, 0.5) is 10.1 Å². The third-order valence-electron chi connectivity index (χ3n) is 7.93. The molecule has 0 spiro atoms. The highest BCUT2D eigenvalue weighted by Gasteiger charge is 2.32. The summed E-state index contributed by atoms with van der Waals surface area (Å²) in [4.78, 5) is 29.6. The zero-order valence-corrected chi connectivity index (χ0v) is 25.9. The summed E-state index contributed by atoms with van der Waals surface area (Å²) in [5.74, 6) is -1.09. The summed E-state index contributed by atoms with van der Waals surface area (Å²) in [6.45, 7) is 2.15. The summed E-state index contributed by atoms with van der Waals surface area (Å²) in [5.41, 5.74) is 2.84. The van der Waals surface area contributed by atoms with Gasteiger partial charge < -0.3 is 10.2 Å². The van der Waals surface area contributed by atoms with E-state index >= 15 is 0 Å². The molecule has 1 fully saturated rings. The van der Waals surface area contributed by atoms with Crippen LogP contribution >= 0.6 is 0 Å². The Bertz CT molecular complexity index is 1480. The number of hydrogen-bond acceptors (Lipinski definition) is 4. The van der Waals surface area contributed by atoms with Crippen LogP contribution in [-0.2, 0) is 32.6 Å². The average Bonchev–Trinajstić information content (AvgIpc) is 2.98. The zero-order valence-electron chi connectivity index (χ0n) is 25.0.